The number of aryl methyl sites for hydroxylation is 1. The lowest BCUT2D eigenvalue weighted by Gasteiger charge is -2.23. The van der Waals surface area contributed by atoms with Crippen LogP contribution in [0.1, 0.15) is 34.3 Å². The molecule has 0 atom stereocenters. The van der Waals surface area contributed by atoms with Gasteiger partial charge in [-0.1, -0.05) is 29.8 Å². The average Bonchev–Trinajstić information content (AvgIpc) is 3.11. The maximum atomic E-state index is 13.6. The van der Waals surface area contributed by atoms with Crippen LogP contribution in [0, 0.1) is 5.92 Å². The van der Waals surface area contributed by atoms with Crippen LogP contribution in [0.15, 0.2) is 48.7 Å². The van der Waals surface area contributed by atoms with Crippen molar-refractivity contribution < 1.29 is 9.59 Å². The molecule has 3 N–H and O–H groups in total. The summed E-state index contributed by atoms with van der Waals surface area (Å²) >= 11 is 6.54. The fourth-order valence-electron chi connectivity index (χ4n) is 4.53. The molecule has 9 heteroatoms. The van der Waals surface area contributed by atoms with Crippen LogP contribution in [0.5, 0.6) is 0 Å². The molecule has 2 aliphatic heterocycles. The number of rotatable bonds is 4. The first-order valence-corrected chi connectivity index (χ1v) is 11.8. The minimum absolute atomic E-state index is 0.0370. The number of carbonyl (C=O) groups excluding carboxylic acids is 2. The molecule has 1 fully saturated rings. The van der Waals surface area contributed by atoms with Gasteiger partial charge >= 0.3 is 0 Å². The summed E-state index contributed by atoms with van der Waals surface area (Å²) in [6.45, 7) is 2.46. The van der Waals surface area contributed by atoms with Crippen molar-refractivity contribution in [3.05, 3.63) is 70.4 Å². The molecule has 34 heavy (non-hydrogen) atoms. The number of nitrogens with one attached hydrogen (secondary N) is 3. The van der Waals surface area contributed by atoms with Crippen LogP contribution < -0.4 is 20.9 Å². The Bertz CT molecular complexity index is 1230. The van der Waals surface area contributed by atoms with E-state index in [4.69, 9.17) is 11.6 Å². The largest absolute Gasteiger partial charge is 0.352 e. The van der Waals surface area contributed by atoms with Crippen LogP contribution in [0.2, 0.25) is 5.02 Å². The summed E-state index contributed by atoms with van der Waals surface area (Å²) in [4.78, 5) is 27.8. The summed E-state index contributed by atoms with van der Waals surface area (Å²) in [6, 6.07) is 13.0. The van der Waals surface area contributed by atoms with Crippen molar-refractivity contribution in [1.29, 1.82) is 0 Å². The van der Waals surface area contributed by atoms with E-state index in [1.54, 1.807) is 27.9 Å². The lowest BCUT2D eigenvalue weighted by molar-refractivity contribution is -0.125. The third-order valence-electron chi connectivity index (χ3n) is 6.50. The van der Waals surface area contributed by atoms with Gasteiger partial charge in [0.2, 0.25) is 5.91 Å². The molecule has 0 spiro atoms. The highest BCUT2D eigenvalue weighted by atomic mass is 35.5. The van der Waals surface area contributed by atoms with Gasteiger partial charge in [0.1, 0.15) is 5.82 Å². The molecule has 2 amide bonds. The third kappa shape index (κ3) is 4.38. The zero-order valence-electron chi connectivity index (χ0n) is 19.0. The van der Waals surface area contributed by atoms with Gasteiger partial charge in [0.05, 0.1) is 24.1 Å². The molecule has 8 nitrogen and oxygen atoms in total. The monoisotopic (exact) mass is 478 g/mol. The molecule has 1 saturated heterocycles. The summed E-state index contributed by atoms with van der Waals surface area (Å²) in [5, 5.41) is 14.4. The normalized spacial score (nSPS) is 15.6. The molecule has 0 radical (unpaired) electrons. The Morgan fingerprint density at radius 1 is 1.18 bits per heavy atom. The lowest BCUT2D eigenvalue weighted by Crippen LogP contribution is -2.37. The number of hydrogen-bond donors (Lipinski definition) is 3. The fraction of sp³-hybridized carbons (Fsp3) is 0.320. The number of fused-ring (bicyclic) bond motifs is 2. The van der Waals surface area contributed by atoms with Crippen LogP contribution >= 0.6 is 11.6 Å². The van der Waals surface area contributed by atoms with Crippen molar-refractivity contribution in [3.8, 4) is 0 Å². The zero-order chi connectivity index (χ0) is 23.7. The fourth-order valence-corrected chi connectivity index (χ4v) is 4.78. The molecule has 0 saturated carbocycles. The smallest absolute Gasteiger partial charge is 0.258 e. The minimum Gasteiger partial charge on any atom is -0.352 e. The summed E-state index contributed by atoms with van der Waals surface area (Å²) in [5.74, 6) is 0.799. The quantitative estimate of drug-likeness (QED) is 0.533. The van der Waals surface area contributed by atoms with E-state index in [-0.39, 0.29) is 17.7 Å². The summed E-state index contributed by atoms with van der Waals surface area (Å²) in [6.07, 6.45) is 3.46. The standard InChI is InChI=1S/C25H27ClN6O2/c1-31-23-19(14-29-31)15-32(22-5-3-2-4-21(22)30-23)25(34)17-6-7-18(20(26)12-17)13-28-24(33)16-8-10-27-11-9-16/h2-7,12,14,16,27,30H,8-11,13,15H2,1H3,(H,28,33). The van der Waals surface area contributed by atoms with E-state index in [0.29, 0.717) is 23.7 Å². The predicted octanol–water partition coefficient (Wildman–Crippen LogP) is 3.59. The molecular weight excluding hydrogens is 452 g/mol. The Hall–Kier alpha value is -3.36. The van der Waals surface area contributed by atoms with Gasteiger partial charge in [0.25, 0.3) is 5.91 Å². The molecule has 0 unspecified atom stereocenters. The van der Waals surface area contributed by atoms with Crippen molar-refractivity contribution >= 4 is 40.6 Å². The number of amides is 2. The summed E-state index contributed by atoms with van der Waals surface area (Å²) in [5.41, 5.74) is 3.82. The van der Waals surface area contributed by atoms with Crippen molar-refractivity contribution in [3.63, 3.8) is 0 Å². The third-order valence-corrected chi connectivity index (χ3v) is 6.85. The first-order chi connectivity index (χ1) is 16.5. The first kappa shape index (κ1) is 22.4. The molecule has 1 aromatic heterocycles. The van der Waals surface area contributed by atoms with Crippen molar-refractivity contribution in [1.82, 2.24) is 20.4 Å². The van der Waals surface area contributed by atoms with Crippen molar-refractivity contribution in [2.45, 2.75) is 25.9 Å². The average molecular weight is 479 g/mol. The number of piperidine rings is 1. The highest BCUT2D eigenvalue weighted by molar-refractivity contribution is 6.32. The van der Waals surface area contributed by atoms with E-state index >= 15 is 0 Å². The summed E-state index contributed by atoms with van der Waals surface area (Å²) < 4.78 is 1.77. The molecule has 2 aromatic carbocycles. The van der Waals surface area contributed by atoms with Gasteiger partial charge in [-0.25, -0.2) is 0 Å². The Morgan fingerprint density at radius 3 is 2.76 bits per heavy atom. The predicted molar refractivity (Wildman–Crippen MR) is 132 cm³/mol. The number of benzene rings is 2. The number of halogens is 1. The maximum Gasteiger partial charge on any atom is 0.258 e. The Kier molecular flexibility index (Phi) is 6.26. The van der Waals surface area contributed by atoms with E-state index < -0.39 is 0 Å². The summed E-state index contributed by atoms with van der Waals surface area (Å²) in [7, 11) is 1.87. The van der Waals surface area contributed by atoms with Gasteiger partial charge in [0.15, 0.2) is 0 Å². The van der Waals surface area contributed by atoms with Crippen molar-refractivity contribution in [2.24, 2.45) is 13.0 Å². The second-order valence-corrected chi connectivity index (χ2v) is 9.13. The molecule has 0 aliphatic carbocycles. The molecule has 3 aromatic rings. The Balaban J connectivity index is 1.35. The number of para-hydroxylation sites is 2. The van der Waals surface area contributed by atoms with Gasteiger partial charge in [-0.3, -0.25) is 14.3 Å². The van der Waals surface area contributed by atoms with Gasteiger partial charge in [-0.15, -0.1) is 0 Å². The van der Waals surface area contributed by atoms with Crippen LogP contribution in [-0.2, 0) is 24.9 Å². The van der Waals surface area contributed by atoms with E-state index in [9.17, 15) is 9.59 Å². The number of hydrogen-bond acceptors (Lipinski definition) is 5. The zero-order valence-corrected chi connectivity index (χ0v) is 19.7. The SMILES string of the molecule is Cn1ncc2c1Nc1ccccc1N(C(=O)c1ccc(CNC(=O)C3CCNCC3)c(Cl)c1)C2. The maximum absolute atomic E-state index is 13.6. The topological polar surface area (TPSA) is 91.3 Å². The molecular formula is C25H27ClN6O2. The van der Waals surface area contributed by atoms with E-state index in [1.807, 2.05) is 37.4 Å². The highest BCUT2D eigenvalue weighted by Gasteiger charge is 2.27. The van der Waals surface area contributed by atoms with Gasteiger partial charge in [-0.2, -0.15) is 5.10 Å². The van der Waals surface area contributed by atoms with E-state index in [0.717, 1.165) is 54.3 Å². The van der Waals surface area contributed by atoms with Crippen LogP contribution in [-0.4, -0.2) is 34.7 Å². The van der Waals surface area contributed by atoms with Gasteiger partial charge in [0, 0.05) is 35.7 Å². The molecule has 5 rings (SSSR count). The van der Waals surface area contributed by atoms with E-state index in [2.05, 4.69) is 21.0 Å². The highest BCUT2D eigenvalue weighted by Crippen LogP contribution is 2.36. The second kappa shape index (κ2) is 9.48. The molecule has 2 aliphatic rings. The van der Waals surface area contributed by atoms with Gasteiger partial charge in [-0.05, 0) is 55.8 Å². The molecule has 176 valence electrons. The van der Waals surface area contributed by atoms with Crippen LogP contribution in [0.3, 0.4) is 0 Å². The van der Waals surface area contributed by atoms with Crippen molar-refractivity contribution in [2.75, 3.05) is 23.3 Å². The van der Waals surface area contributed by atoms with Crippen LogP contribution in [0.4, 0.5) is 17.2 Å². The lowest BCUT2D eigenvalue weighted by atomic mass is 9.97. The number of nitrogens with zero attached hydrogens (tertiary/aromatic N) is 3. The van der Waals surface area contributed by atoms with E-state index in [1.165, 1.54) is 0 Å². The Labute approximate surface area is 203 Å². The number of anilines is 3. The number of aromatic nitrogens is 2. The molecule has 3 heterocycles. The van der Waals surface area contributed by atoms with Gasteiger partial charge < -0.3 is 20.9 Å². The Morgan fingerprint density at radius 2 is 1.97 bits per heavy atom. The molecule has 0 bridgehead atoms. The second-order valence-electron chi connectivity index (χ2n) is 8.72. The minimum atomic E-state index is -0.154. The van der Waals surface area contributed by atoms with Crippen LogP contribution in [0.25, 0.3) is 0 Å². The first-order valence-electron chi connectivity index (χ1n) is 11.5. The number of carbonyl (C=O) groups is 2.